The molecule has 4 amide bonds. The predicted octanol–water partition coefficient (Wildman–Crippen LogP) is -4.39. The maximum atomic E-state index is 12.5. The van der Waals surface area contributed by atoms with Crippen LogP contribution in [0.15, 0.2) is 0 Å². The fourth-order valence-corrected chi connectivity index (χ4v) is 2.84. The Hall–Kier alpha value is -2.77. The molecule has 0 radical (unpaired) electrons. The lowest BCUT2D eigenvalue weighted by Crippen LogP contribution is -2.58. The second-order valence-electron chi connectivity index (χ2n) is 6.77. The Bertz CT molecular complexity index is 655. The van der Waals surface area contributed by atoms with Crippen LogP contribution < -0.4 is 22.1 Å². The molecule has 9 N–H and O–H groups in total. The summed E-state index contributed by atoms with van der Waals surface area (Å²) in [7, 11) is 0. The molecule has 0 aliphatic carbocycles. The van der Waals surface area contributed by atoms with Gasteiger partial charge in [0.15, 0.2) is 0 Å². The molecule has 5 unspecified atom stereocenters. The van der Waals surface area contributed by atoms with Crippen molar-refractivity contribution < 1.29 is 39.3 Å². The van der Waals surface area contributed by atoms with E-state index >= 15 is 0 Å². The fourth-order valence-electron chi connectivity index (χ4n) is 2.84. The molecule has 1 saturated heterocycles. The Balaban J connectivity index is 2.80. The van der Waals surface area contributed by atoms with Crippen LogP contribution in [0.25, 0.3) is 0 Å². The number of nitrogens with one attached hydrogen (secondary N) is 2. The number of aliphatic hydroxyl groups excluding tert-OH is 2. The topological polar surface area (TPSA) is 225 Å². The van der Waals surface area contributed by atoms with Crippen molar-refractivity contribution in [3.63, 3.8) is 0 Å². The van der Waals surface area contributed by atoms with Crippen LogP contribution in [0.2, 0.25) is 0 Å². The van der Waals surface area contributed by atoms with Crippen LogP contribution in [-0.4, -0.2) is 93.2 Å². The van der Waals surface area contributed by atoms with E-state index < -0.39 is 72.9 Å². The van der Waals surface area contributed by atoms with Gasteiger partial charge in [0.1, 0.15) is 24.2 Å². The normalized spacial score (nSPS) is 20.3. The predicted molar refractivity (Wildman–Crippen MR) is 96.8 cm³/mol. The molecule has 164 valence electrons. The number of hydrogen-bond donors (Lipinski definition) is 7. The lowest BCUT2D eigenvalue weighted by atomic mass is 10.1. The zero-order valence-corrected chi connectivity index (χ0v) is 15.9. The van der Waals surface area contributed by atoms with Crippen LogP contribution >= 0.6 is 0 Å². The molecule has 0 aromatic carbocycles. The lowest BCUT2D eigenvalue weighted by Gasteiger charge is -2.28. The number of nitrogens with zero attached hydrogens (tertiary/aromatic N) is 1. The molecular formula is C16H27N5O8. The number of hydrogen-bond acceptors (Lipinski definition) is 8. The first kappa shape index (κ1) is 24.3. The van der Waals surface area contributed by atoms with Crippen LogP contribution in [-0.2, 0) is 24.0 Å². The molecule has 5 atom stereocenters. The third kappa shape index (κ3) is 6.66. The van der Waals surface area contributed by atoms with Gasteiger partial charge in [-0.2, -0.15) is 0 Å². The molecule has 1 fully saturated rings. The number of likely N-dealkylation sites (tertiary alicyclic amines) is 1. The SMILES string of the molecule is CC(O)C(N)C(=O)N1CCCC1C(=O)NC(CO)C(=O)NC(CC(N)=O)C(=O)O. The molecule has 0 bridgehead atoms. The van der Waals surface area contributed by atoms with Gasteiger partial charge in [-0.3, -0.25) is 19.2 Å². The first-order chi connectivity index (χ1) is 13.5. The van der Waals surface area contributed by atoms with Crippen LogP contribution in [0.3, 0.4) is 0 Å². The quantitative estimate of drug-likeness (QED) is 0.182. The minimum Gasteiger partial charge on any atom is -0.480 e. The van der Waals surface area contributed by atoms with Crippen LogP contribution in [0.1, 0.15) is 26.2 Å². The van der Waals surface area contributed by atoms with Gasteiger partial charge in [0, 0.05) is 6.54 Å². The number of primary amides is 1. The van der Waals surface area contributed by atoms with E-state index in [2.05, 4.69) is 5.32 Å². The van der Waals surface area contributed by atoms with E-state index in [0.29, 0.717) is 6.42 Å². The minimum atomic E-state index is -1.63. The summed E-state index contributed by atoms with van der Waals surface area (Å²) < 4.78 is 0. The van der Waals surface area contributed by atoms with Gasteiger partial charge in [-0.25, -0.2) is 4.79 Å². The molecule has 29 heavy (non-hydrogen) atoms. The Morgan fingerprint density at radius 1 is 1.17 bits per heavy atom. The van der Waals surface area contributed by atoms with Gasteiger partial charge in [0.25, 0.3) is 0 Å². The molecule has 0 aromatic rings. The van der Waals surface area contributed by atoms with Crippen molar-refractivity contribution in [1.29, 1.82) is 0 Å². The van der Waals surface area contributed by atoms with Crippen LogP contribution in [0.4, 0.5) is 0 Å². The van der Waals surface area contributed by atoms with Gasteiger partial charge in [-0.1, -0.05) is 0 Å². The summed E-state index contributed by atoms with van der Waals surface area (Å²) in [5.41, 5.74) is 10.6. The second-order valence-corrected chi connectivity index (χ2v) is 6.77. The molecule has 0 spiro atoms. The van der Waals surface area contributed by atoms with E-state index in [1.165, 1.54) is 11.8 Å². The van der Waals surface area contributed by atoms with E-state index in [0.717, 1.165) is 0 Å². The number of rotatable bonds is 10. The Kier molecular flexibility index (Phi) is 8.94. The summed E-state index contributed by atoms with van der Waals surface area (Å²) in [6.45, 7) is 0.714. The molecule has 1 rings (SSSR count). The Morgan fingerprint density at radius 3 is 2.28 bits per heavy atom. The summed E-state index contributed by atoms with van der Waals surface area (Å²) >= 11 is 0. The number of amides is 4. The van der Waals surface area contributed by atoms with Crippen molar-refractivity contribution in [1.82, 2.24) is 15.5 Å². The van der Waals surface area contributed by atoms with E-state index in [-0.39, 0.29) is 13.0 Å². The molecule has 0 aromatic heterocycles. The monoisotopic (exact) mass is 417 g/mol. The third-order valence-electron chi connectivity index (χ3n) is 4.48. The Morgan fingerprint density at radius 2 is 1.79 bits per heavy atom. The number of nitrogens with two attached hydrogens (primary N) is 2. The standard InChI is InChI=1S/C16H27N5O8/c1-7(23)12(18)15(27)21-4-2-3-10(21)14(26)20-9(6-22)13(25)19-8(16(28)29)5-11(17)24/h7-10,12,22-23H,2-6,18H2,1H3,(H2,17,24)(H,19,25)(H,20,26)(H,28,29). The van der Waals surface area contributed by atoms with Gasteiger partial charge in [-0.05, 0) is 19.8 Å². The molecule has 0 saturated carbocycles. The molecule has 13 nitrogen and oxygen atoms in total. The van der Waals surface area contributed by atoms with Gasteiger partial charge in [0.2, 0.25) is 23.6 Å². The summed E-state index contributed by atoms with van der Waals surface area (Å²) in [5.74, 6) is -4.89. The first-order valence-corrected chi connectivity index (χ1v) is 8.96. The molecular weight excluding hydrogens is 390 g/mol. The maximum absolute atomic E-state index is 12.5. The summed E-state index contributed by atoms with van der Waals surface area (Å²) in [6.07, 6.45) is -1.02. The third-order valence-corrected chi connectivity index (χ3v) is 4.48. The maximum Gasteiger partial charge on any atom is 0.326 e. The van der Waals surface area contributed by atoms with E-state index in [4.69, 9.17) is 16.6 Å². The van der Waals surface area contributed by atoms with Gasteiger partial charge >= 0.3 is 5.97 Å². The molecule has 1 aliphatic rings. The number of carbonyl (C=O) groups is 5. The minimum absolute atomic E-state index is 0.229. The largest absolute Gasteiger partial charge is 0.480 e. The highest BCUT2D eigenvalue weighted by molar-refractivity contribution is 5.95. The summed E-state index contributed by atoms with van der Waals surface area (Å²) in [6, 6.07) is -5.32. The van der Waals surface area contributed by atoms with Gasteiger partial charge in [0.05, 0.1) is 19.1 Å². The summed E-state index contributed by atoms with van der Waals surface area (Å²) in [5, 5.41) is 32.2. The van der Waals surface area contributed by atoms with Crippen molar-refractivity contribution in [2.24, 2.45) is 11.5 Å². The smallest absolute Gasteiger partial charge is 0.326 e. The lowest BCUT2D eigenvalue weighted by molar-refractivity contribution is -0.144. The number of carboxylic acid groups (broad SMARTS) is 1. The van der Waals surface area contributed by atoms with Gasteiger partial charge in [-0.15, -0.1) is 0 Å². The number of carbonyl (C=O) groups excluding carboxylic acids is 4. The second kappa shape index (κ2) is 10.7. The van der Waals surface area contributed by atoms with Crippen molar-refractivity contribution in [3.05, 3.63) is 0 Å². The van der Waals surface area contributed by atoms with Crippen molar-refractivity contribution in [2.75, 3.05) is 13.2 Å². The number of aliphatic hydroxyl groups is 2. The fraction of sp³-hybridized carbons (Fsp3) is 0.688. The zero-order valence-electron chi connectivity index (χ0n) is 15.9. The highest BCUT2D eigenvalue weighted by Gasteiger charge is 2.38. The van der Waals surface area contributed by atoms with Crippen LogP contribution in [0.5, 0.6) is 0 Å². The number of aliphatic carboxylic acids is 1. The highest BCUT2D eigenvalue weighted by Crippen LogP contribution is 2.19. The highest BCUT2D eigenvalue weighted by atomic mass is 16.4. The van der Waals surface area contributed by atoms with Crippen molar-refractivity contribution in [3.8, 4) is 0 Å². The number of carboxylic acids is 1. The van der Waals surface area contributed by atoms with E-state index in [1.54, 1.807) is 0 Å². The molecule has 1 heterocycles. The van der Waals surface area contributed by atoms with Crippen molar-refractivity contribution >= 4 is 29.6 Å². The van der Waals surface area contributed by atoms with E-state index in [1.807, 2.05) is 5.32 Å². The Labute approximate surface area is 166 Å². The van der Waals surface area contributed by atoms with Gasteiger partial charge < -0.3 is 42.3 Å². The van der Waals surface area contributed by atoms with E-state index in [9.17, 15) is 34.2 Å². The first-order valence-electron chi connectivity index (χ1n) is 8.96. The van der Waals surface area contributed by atoms with Crippen LogP contribution in [0, 0.1) is 0 Å². The molecule has 1 aliphatic heterocycles. The zero-order chi connectivity index (χ0) is 22.3. The molecule has 13 heteroatoms. The van der Waals surface area contributed by atoms with Crippen molar-refractivity contribution in [2.45, 2.75) is 56.5 Å². The average Bonchev–Trinajstić information content (AvgIpc) is 3.13. The average molecular weight is 417 g/mol. The summed E-state index contributed by atoms with van der Waals surface area (Å²) in [4.78, 5) is 60.3.